The molecule has 3 fully saturated rings. The average Bonchev–Trinajstić information content (AvgIpc) is 3.11. The van der Waals surface area contributed by atoms with E-state index in [0.717, 1.165) is 64.8 Å². The number of likely N-dealkylation sites (tertiary alicyclic amines) is 2. The summed E-state index contributed by atoms with van der Waals surface area (Å²) in [6.07, 6.45) is 5.04. The molecule has 3 atom stereocenters. The molecule has 3 heterocycles. The number of nitrogens with one attached hydrogen (secondary N) is 2. The fraction of sp³-hybridized carbons (Fsp3) is 0.882. The van der Waals surface area contributed by atoms with Gasteiger partial charge in [-0.3, -0.25) is 4.79 Å². The van der Waals surface area contributed by atoms with Gasteiger partial charge in [-0.1, -0.05) is 6.92 Å². The summed E-state index contributed by atoms with van der Waals surface area (Å²) >= 11 is 0. The van der Waals surface area contributed by atoms with Gasteiger partial charge >= 0.3 is 6.03 Å². The maximum atomic E-state index is 12.6. The van der Waals surface area contributed by atoms with Gasteiger partial charge in [0.25, 0.3) is 0 Å². The Hall–Kier alpha value is -1.01. The van der Waals surface area contributed by atoms with E-state index in [0.29, 0.717) is 12.5 Å². The van der Waals surface area contributed by atoms with Crippen molar-refractivity contribution in [1.29, 1.82) is 0 Å². The topological polar surface area (TPSA) is 64.7 Å². The van der Waals surface area contributed by atoms with Gasteiger partial charge in [0.1, 0.15) is 0 Å². The molecule has 0 aromatic rings. The van der Waals surface area contributed by atoms with Gasteiger partial charge in [0.05, 0.1) is 5.92 Å². The highest BCUT2D eigenvalue weighted by Gasteiger charge is 2.33. The Bertz CT molecular complexity index is 442. The van der Waals surface area contributed by atoms with Crippen LogP contribution < -0.4 is 10.6 Å². The van der Waals surface area contributed by atoms with Crippen LogP contribution in [-0.2, 0) is 4.79 Å². The minimum atomic E-state index is -0.0441. The van der Waals surface area contributed by atoms with Crippen molar-refractivity contribution in [2.45, 2.75) is 45.1 Å². The van der Waals surface area contributed by atoms with Crippen LogP contribution in [-0.4, -0.2) is 67.0 Å². The quantitative estimate of drug-likeness (QED) is 0.785. The molecule has 0 bridgehead atoms. The molecular weight excluding hydrogens is 328 g/mol. The minimum absolute atomic E-state index is 0. The van der Waals surface area contributed by atoms with Crippen molar-refractivity contribution in [2.24, 2.45) is 11.8 Å². The Balaban J connectivity index is 0.00000208. The maximum Gasteiger partial charge on any atom is 0.320 e. The zero-order chi connectivity index (χ0) is 16.2. The Morgan fingerprint density at radius 1 is 1.04 bits per heavy atom. The van der Waals surface area contributed by atoms with E-state index in [1.165, 1.54) is 0 Å². The molecule has 3 saturated heterocycles. The monoisotopic (exact) mass is 358 g/mol. The van der Waals surface area contributed by atoms with E-state index in [2.05, 4.69) is 17.6 Å². The van der Waals surface area contributed by atoms with Gasteiger partial charge in [-0.05, 0) is 51.1 Å². The number of piperidine rings is 2. The van der Waals surface area contributed by atoms with E-state index in [-0.39, 0.29) is 36.3 Å². The summed E-state index contributed by atoms with van der Waals surface area (Å²) in [5.74, 6) is 0.568. The van der Waals surface area contributed by atoms with E-state index in [9.17, 15) is 9.59 Å². The first-order valence-electron chi connectivity index (χ1n) is 9.20. The highest BCUT2D eigenvalue weighted by atomic mass is 35.5. The molecule has 24 heavy (non-hydrogen) atoms. The van der Waals surface area contributed by atoms with Gasteiger partial charge in [0.15, 0.2) is 0 Å². The first-order chi connectivity index (χ1) is 11.1. The second-order valence-corrected chi connectivity index (χ2v) is 7.35. The van der Waals surface area contributed by atoms with Crippen molar-refractivity contribution in [3.8, 4) is 0 Å². The minimum Gasteiger partial charge on any atom is -0.353 e. The number of rotatable bonds is 2. The largest absolute Gasteiger partial charge is 0.353 e. The molecule has 3 amide bonds. The number of carbonyl (C=O) groups excluding carboxylic acids is 2. The number of urea groups is 1. The summed E-state index contributed by atoms with van der Waals surface area (Å²) in [6.45, 7) is 7.25. The van der Waals surface area contributed by atoms with Gasteiger partial charge in [-0.15, -0.1) is 12.4 Å². The summed E-state index contributed by atoms with van der Waals surface area (Å²) in [6, 6.07) is 0.406. The molecule has 138 valence electrons. The van der Waals surface area contributed by atoms with Crippen LogP contribution in [0.15, 0.2) is 0 Å². The molecule has 3 aliphatic rings. The molecule has 0 aromatic carbocycles. The van der Waals surface area contributed by atoms with Crippen molar-refractivity contribution < 1.29 is 9.59 Å². The molecule has 3 aliphatic heterocycles. The van der Waals surface area contributed by atoms with Crippen LogP contribution in [0.3, 0.4) is 0 Å². The van der Waals surface area contributed by atoms with E-state index in [1.807, 2.05) is 9.80 Å². The van der Waals surface area contributed by atoms with Gasteiger partial charge in [0.2, 0.25) is 5.91 Å². The summed E-state index contributed by atoms with van der Waals surface area (Å²) in [4.78, 5) is 29.0. The molecule has 0 saturated carbocycles. The Morgan fingerprint density at radius 2 is 1.75 bits per heavy atom. The van der Waals surface area contributed by atoms with Crippen molar-refractivity contribution >= 4 is 24.3 Å². The average molecular weight is 359 g/mol. The van der Waals surface area contributed by atoms with Crippen LogP contribution in [0.4, 0.5) is 4.79 Å². The van der Waals surface area contributed by atoms with Crippen molar-refractivity contribution in [2.75, 3.05) is 39.3 Å². The molecule has 0 aromatic heterocycles. The first-order valence-corrected chi connectivity index (χ1v) is 9.20. The third kappa shape index (κ3) is 4.54. The highest BCUT2D eigenvalue weighted by Crippen LogP contribution is 2.21. The van der Waals surface area contributed by atoms with Gasteiger partial charge < -0.3 is 20.4 Å². The van der Waals surface area contributed by atoms with Crippen LogP contribution >= 0.6 is 12.4 Å². The molecule has 7 heteroatoms. The number of hydrogen-bond acceptors (Lipinski definition) is 3. The first kappa shape index (κ1) is 19.3. The number of amides is 3. The second-order valence-electron chi connectivity index (χ2n) is 7.35. The summed E-state index contributed by atoms with van der Waals surface area (Å²) in [5.41, 5.74) is 0. The molecule has 0 spiro atoms. The molecule has 0 radical (unpaired) electrons. The van der Waals surface area contributed by atoms with Crippen molar-refractivity contribution in [1.82, 2.24) is 20.4 Å². The van der Waals surface area contributed by atoms with E-state index in [1.54, 1.807) is 0 Å². The zero-order valence-electron chi connectivity index (χ0n) is 14.6. The lowest BCUT2D eigenvalue weighted by Crippen LogP contribution is -2.53. The summed E-state index contributed by atoms with van der Waals surface area (Å²) in [5, 5.41) is 6.60. The highest BCUT2D eigenvalue weighted by molar-refractivity contribution is 5.85. The smallest absolute Gasteiger partial charge is 0.320 e. The zero-order valence-corrected chi connectivity index (χ0v) is 15.4. The second kappa shape index (κ2) is 8.90. The van der Waals surface area contributed by atoms with Crippen LogP contribution in [0.5, 0.6) is 0 Å². The molecule has 3 unspecified atom stereocenters. The Morgan fingerprint density at radius 3 is 2.46 bits per heavy atom. The van der Waals surface area contributed by atoms with Crippen molar-refractivity contribution in [3.63, 3.8) is 0 Å². The van der Waals surface area contributed by atoms with Crippen molar-refractivity contribution in [3.05, 3.63) is 0 Å². The van der Waals surface area contributed by atoms with E-state index in [4.69, 9.17) is 0 Å². The number of nitrogens with zero attached hydrogens (tertiary/aromatic N) is 2. The van der Waals surface area contributed by atoms with Gasteiger partial charge in [0, 0.05) is 32.2 Å². The maximum absolute atomic E-state index is 12.6. The normalized spacial score (nSPS) is 30.6. The van der Waals surface area contributed by atoms with E-state index >= 15 is 0 Å². The fourth-order valence-electron chi connectivity index (χ4n) is 4.00. The van der Waals surface area contributed by atoms with Crippen LogP contribution in [0, 0.1) is 11.8 Å². The SMILES string of the molecule is CC1CNCCC1NC(=O)C1CCCN(C(=O)N2CCCC2)C1.Cl. The summed E-state index contributed by atoms with van der Waals surface area (Å²) < 4.78 is 0. The lowest BCUT2D eigenvalue weighted by Gasteiger charge is -2.36. The van der Waals surface area contributed by atoms with Crippen LogP contribution in [0.2, 0.25) is 0 Å². The van der Waals surface area contributed by atoms with Crippen LogP contribution in [0.1, 0.15) is 39.0 Å². The predicted molar refractivity (Wildman–Crippen MR) is 96.3 cm³/mol. The molecule has 6 nitrogen and oxygen atoms in total. The van der Waals surface area contributed by atoms with E-state index < -0.39 is 0 Å². The lowest BCUT2D eigenvalue weighted by molar-refractivity contribution is -0.127. The summed E-state index contributed by atoms with van der Waals surface area (Å²) in [7, 11) is 0. The van der Waals surface area contributed by atoms with Gasteiger partial charge in [-0.25, -0.2) is 4.79 Å². The Kier molecular flexibility index (Phi) is 7.16. The number of hydrogen-bond donors (Lipinski definition) is 2. The molecule has 0 aliphatic carbocycles. The lowest BCUT2D eigenvalue weighted by atomic mass is 9.92. The molecule has 3 rings (SSSR count). The van der Waals surface area contributed by atoms with Crippen LogP contribution in [0.25, 0.3) is 0 Å². The molecular formula is C17H31ClN4O2. The van der Waals surface area contributed by atoms with Gasteiger partial charge in [-0.2, -0.15) is 0 Å². The fourth-order valence-corrected chi connectivity index (χ4v) is 4.00. The Labute approximate surface area is 151 Å². The predicted octanol–water partition coefficient (Wildman–Crippen LogP) is 1.45. The third-order valence-corrected chi connectivity index (χ3v) is 5.55. The third-order valence-electron chi connectivity index (χ3n) is 5.55. The number of carbonyl (C=O) groups is 2. The molecule has 2 N–H and O–H groups in total. The standard InChI is InChI=1S/C17H30N4O2.ClH/c1-13-11-18-7-6-15(13)19-16(22)14-5-4-10-21(12-14)17(23)20-8-2-3-9-20;/h13-15,18H,2-12H2,1H3,(H,19,22);1H. The number of halogens is 1.